The first-order valence-corrected chi connectivity index (χ1v) is 6.24. The van der Waals surface area contributed by atoms with Crippen molar-refractivity contribution in [3.05, 3.63) is 0 Å². The normalized spacial score (nSPS) is 47.2. The molecule has 1 unspecified atom stereocenters. The van der Waals surface area contributed by atoms with Gasteiger partial charge in [-0.3, -0.25) is 0 Å². The van der Waals surface area contributed by atoms with Gasteiger partial charge in [0.25, 0.3) is 0 Å². The van der Waals surface area contributed by atoms with Gasteiger partial charge < -0.3 is 9.84 Å². The van der Waals surface area contributed by atoms with Gasteiger partial charge in [-0.2, -0.15) is 0 Å². The molecule has 1 saturated heterocycles. The van der Waals surface area contributed by atoms with Crippen molar-refractivity contribution in [2.24, 2.45) is 23.7 Å². The van der Waals surface area contributed by atoms with Crippen LogP contribution in [0.3, 0.4) is 0 Å². The highest BCUT2D eigenvalue weighted by atomic mass is 16.6. The summed E-state index contributed by atoms with van der Waals surface area (Å²) in [5.41, 5.74) is 0. The van der Waals surface area contributed by atoms with Crippen LogP contribution < -0.4 is 0 Å². The van der Waals surface area contributed by atoms with Crippen LogP contribution in [0, 0.1) is 23.7 Å². The molecule has 0 aliphatic carbocycles. The summed E-state index contributed by atoms with van der Waals surface area (Å²) < 4.78 is 5.94. The maximum absolute atomic E-state index is 10.6. The summed E-state index contributed by atoms with van der Waals surface area (Å²) in [7, 11) is 0. The van der Waals surface area contributed by atoms with Gasteiger partial charge >= 0.3 is 0 Å². The molecule has 1 aliphatic heterocycles. The molecular weight excluding hydrogens is 188 g/mol. The standard InChI is InChI=1S/C13H26O2/c1-7-12-10(5)9(4)11(6)13(14,15-12)8(2)3/h8-12,14H,7H2,1-6H3/t9-,10-,11+,12+,13?/m0/s1. The second kappa shape index (κ2) is 4.42. The largest absolute Gasteiger partial charge is 0.365 e. The second-order valence-corrected chi connectivity index (χ2v) is 5.48. The van der Waals surface area contributed by atoms with Gasteiger partial charge in [-0.1, -0.05) is 41.5 Å². The zero-order valence-corrected chi connectivity index (χ0v) is 10.9. The summed E-state index contributed by atoms with van der Waals surface area (Å²) in [5, 5.41) is 10.6. The lowest BCUT2D eigenvalue weighted by molar-refractivity contribution is -0.326. The van der Waals surface area contributed by atoms with E-state index in [1.54, 1.807) is 0 Å². The van der Waals surface area contributed by atoms with E-state index in [0.29, 0.717) is 11.8 Å². The highest BCUT2D eigenvalue weighted by Crippen LogP contribution is 2.44. The van der Waals surface area contributed by atoms with Crippen molar-refractivity contribution in [1.82, 2.24) is 0 Å². The van der Waals surface area contributed by atoms with Crippen LogP contribution >= 0.6 is 0 Å². The predicted molar refractivity (Wildman–Crippen MR) is 62.4 cm³/mol. The van der Waals surface area contributed by atoms with E-state index < -0.39 is 5.79 Å². The van der Waals surface area contributed by atoms with Crippen molar-refractivity contribution < 1.29 is 9.84 Å². The van der Waals surface area contributed by atoms with Crippen LogP contribution in [0.15, 0.2) is 0 Å². The van der Waals surface area contributed by atoms with Gasteiger partial charge in [0.1, 0.15) is 0 Å². The molecule has 15 heavy (non-hydrogen) atoms. The Hall–Kier alpha value is -0.0800. The number of aliphatic hydroxyl groups is 1. The van der Waals surface area contributed by atoms with E-state index in [0.717, 1.165) is 6.42 Å². The Morgan fingerprint density at radius 1 is 1.20 bits per heavy atom. The molecule has 1 rings (SSSR count). The first kappa shape index (κ1) is 13.0. The predicted octanol–water partition coefficient (Wildman–Crippen LogP) is 3.05. The van der Waals surface area contributed by atoms with E-state index in [2.05, 4.69) is 27.7 Å². The molecule has 0 aromatic heterocycles. The Kier molecular flexibility index (Phi) is 3.83. The Balaban J connectivity index is 2.92. The number of hydrogen-bond acceptors (Lipinski definition) is 2. The Morgan fingerprint density at radius 3 is 2.13 bits per heavy atom. The molecule has 2 heteroatoms. The minimum absolute atomic E-state index is 0.150. The van der Waals surface area contributed by atoms with Crippen molar-refractivity contribution in [2.75, 3.05) is 0 Å². The van der Waals surface area contributed by atoms with Crippen molar-refractivity contribution in [3.63, 3.8) is 0 Å². The number of hydrogen-bond donors (Lipinski definition) is 1. The fraction of sp³-hybridized carbons (Fsp3) is 1.00. The zero-order chi connectivity index (χ0) is 11.8. The summed E-state index contributed by atoms with van der Waals surface area (Å²) in [4.78, 5) is 0. The molecule has 0 radical (unpaired) electrons. The first-order valence-electron chi connectivity index (χ1n) is 6.24. The van der Waals surface area contributed by atoms with Crippen LogP contribution in [0.2, 0.25) is 0 Å². The molecule has 1 aliphatic rings. The average Bonchev–Trinajstić information content (AvgIpc) is 2.20. The number of ether oxygens (including phenoxy) is 1. The lowest BCUT2D eigenvalue weighted by Crippen LogP contribution is -2.56. The van der Waals surface area contributed by atoms with Gasteiger partial charge in [0, 0.05) is 11.8 Å². The van der Waals surface area contributed by atoms with Crippen molar-refractivity contribution in [2.45, 2.75) is 59.9 Å². The molecule has 0 aromatic carbocycles. The smallest absolute Gasteiger partial charge is 0.170 e. The average molecular weight is 214 g/mol. The van der Waals surface area contributed by atoms with Gasteiger partial charge in [0.2, 0.25) is 0 Å². The summed E-state index contributed by atoms with van der Waals surface area (Å²) in [6.45, 7) is 12.8. The first-order chi connectivity index (χ1) is 6.84. The van der Waals surface area contributed by atoms with E-state index in [-0.39, 0.29) is 17.9 Å². The highest BCUT2D eigenvalue weighted by Gasteiger charge is 2.49. The van der Waals surface area contributed by atoms with Crippen LogP contribution in [0.4, 0.5) is 0 Å². The SMILES string of the molecule is CC[C@H]1OC(O)(C(C)C)[C@H](C)[C@@H](C)[C@@H]1C. The van der Waals surface area contributed by atoms with Crippen LogP contribution in [-0.4, -0.2) is 17.0 Å². The van der Waals surface area contributed by atoms with Gasteiger partial charge in [0.05, 0.1) is 6.10 Å². The summed E-state index contributed by atoms with van der Waals surface area (Å²) in [6, 6.07) is 0. The van der Waals surface area contributed by atoms with Crippen LogP contribution in [-0.2, 0) is 4.74 Å². The molecule has 0 saturated carbocycles. The summed E-state index contributed by atoms with van der Waals surface area (Å²) >= 11 is 0. The molecule has 5 atom stereocenters. The molecule has 1 fully saturated rings. The third-order valence-corrected chi connectivity index (χ3v) is 4.43. The maximum atomic E-state index is 10.6. The fourth-order valence-corrected chi connectivity index (χ4v) is 2.74. The third-order valence-electron chi connectivity index (χ3n) is 4.43. The van der Waals surface area contributed by atoms with Crippen LogP contribution in [0.1, 0.15) is 48.0 Å². The third kappa shape index (κ3) is 2.07. The molecule has 1 heterocycles. The van der Waals surface area contributed by atoms with Crippen LogP contribution in [0.25, 0.3) is 0 Å². The molecule has 1 N–H and O–H groups in total. The van der Waals surface area contributed by atoms with Gasteiger partial charge in [-0.05, 0) is 18.3 Å². The monoisotopic (exact) mass is 214 g/mol. The van der Waals surface area contributed by atoms with E-state index >= 15 is 0 Å². The van der Waals surface area contributed by atoms with Crippen LogP contribution in [0.5, 0.6) is 0 Å². The molecule has 0 spiro atoms. The molecule has 90 valence electrons. The highest BCUT2D eigenvalue weighted by molar-refractivity contribution is 4.91. The lowest BCUT2D eigenvalue weighted by atomic mass is 9.71. The molecule has 0 bridgehead atoms. The Bertz CT molecular complexity index is 213. The molecular formula is C13H26O2. The van der Waals surface area contributed by atoms with E-state index in [1.807, 2.05) is 13.8 Å². The van der Waals surface area contributed by atoms with Gasteiger partial charge in [-0.15, -0.1) is 0 Å². The van der Waals surface area contributed by atoms with E-state index in [4.69, 9.17) is 4.74 Å². The van der Waals surface area contributed by atoms with Crippen molar-refractivity contribution >= 4 is 0 Å². The maximum Gasteiger partial charge on any atom is 0.170 e. The lowest BCUT2D eigenvalue weighted by Gasteiger charge is -2.50. The second-order valence-electron chi connectivity index (χ2n) is 5.48. The van der Waals surface area contributed by atoms with Gasteiger partial charge in [0.15, 0.2) is 5.79 Å². The molecule has 0 amide bonds. The molecule has 2 nitrogen and oxygen atoms in total. The number of rotatable bonds is 2. The fourth-order valence-electron chi connectivity index (χ4n) is 2.74. The zero-order valence-electron chi connectivity index (χ0n) is 10.9. The Labute approximate surface area is 94.0 Å². The molecule has 0 aromatic rings. The van der Waals surface area contributed by atoms with Crippen molar-refractivity contribution in [1.29, 1.82) is 0 Å². The minimum Gasteiger partial charge on any atom is -0.365 e. The van der Waals surface area contributed by atoms with Gasteiger partial charge in [-0.25, -0.2) is 0 Å². The minimum atomic E-state index is -0.938. The quantitative estimate of drug-likeness (QED) is 0.765. The van der Waals surface area contributed by atoms with E-state index in [1.165, 1.54) is 0 Å². The van der Waals surface area contributed by atoms with Crippen molar-refractivity contribution in [3.8, 4) is 0 Å². The Morgan fingerprint density at radius 2 is 1.73 bits per heavy atom. The summed E-state index contributed by atoms with van der Waals surface area (Å²) in [6.07, 6.45) is 1.18. The topological polar surface area (TPSA) is 29.5 Å². The van der Waals surface area contributed by atoms with E-state index in [9.17, 15) is 5.11 Å². The summed E-state index contributed by atoms with van der Waals surface area (Å²) in [5.74, 6) is 0.457.